The predicted octanol–water partition coefficient (Wildman–Crippen LogP) is 5.51. The number of carbonyl (C=O) groups excluding carboxylic acids is 1. The van der Waals surface area contributed by atoms with E-state index in [1.165, 1.54) is 28.9 Å². The molecular formula is C43H46F4N12O2. The number of ether oxygens (including phenoxy) is 1. The highest BCUT2D eigenvalue weighted by Gasteiger charge is 2.49. The molecule has 0 radical (unpaired) electrons. The van der Waals surface area contributed by atoms with E-state index in [2.05, 4.69) is 20.2 Å². The number of likely N-dealkylation sites (tertiary alicyclic amines) is 1. The normalized spacial score (nSPS) is 21.9. The SMILES string of the molecule is CO[C@H]1CN(C)C(=O)[C@@H]2C[C@@H](CN2c2nc(N3CCC34CCN(CCF)CC4)nc3c2cnn3-c2ccc(F)cc2F)Nc2cccc(n2)-c2cc(F)cc3nc(C)n(c23)C1. The number of methoxy groups -OCH3 is 1. The Hall–Kier alpha value is -5.88. The van der Waals surface area contributed by atoms with E-state index >= 15 is 8.78 Å². The fourth-order valence-electron chi connectivity index (χ4n) is 9.85. The van der Waals surface area contributed by atoms with Crippen LogP contribution in [0.3, 0.4) is 0 Å². The zero-order chi connectivity index (χ0) is 42.2. The van der Waals surface area contributed by atoms with Gasteiger partial charge >= 0.3 is 0 Å². The van der Waals surface area contributed by atoms with E-state index in [0.717, 1.165) is 43.9 Å². The number of fused-ring (bicyclic) bond motifs is 6. The lowest BCUT2D eigenvalue weighted by Crippen LogP contribution is -2.65. The minimum absolute atomic E-state index is 0.0167. The summed E-state index contributed by atoms with van der Waals surface area (Å²) >= 11 is 0. The van der Waals surface area contributed by atoms with Crippen LogP contribution < -0.4 is 15.1 Å². The first-order valence-electron chi connectivity index (χ1n) is 20.7. The third kappa shape index (κ3) is 6.79. The Morgan fingerprint density at radius 3 is 2.51 bits per heavy atom. The summed E-state index contributed by atoms with van der Waals surface area (Å²) in [6, 6.07) is 10.7. The van der Waals surface area contributed by atoms with Crippen molar-refractivity contribution in [2.45, 2.75) is 62.9 Å². The van der Waals surface area contributed by atoms with Crippen LogP contribution in [-0.2, 0) is 16.1 Å². The van der Waals surface area contributed by atoms with Crippen LogP contribution >= 0.6 is 0 Å². The van der Waals surface area contributed by atoms with Gasteiger partial charge in [-0.3, -0.25) is 4.79 Å². The molecule has 0 aliphatic carbocycles. The second-order valence-corrected chi connectivity index (χ2v) is 16.7. The number of carbonyl (C=O) groups is 1. The summed E-state index contributed by atoms with van der Waals surface area (Å²) in [4.78, 5) is 42.8. The van der Waals surface area contributed by atoms with E-state index in [0.29, 0.717) is 83.8 Å². The summed E-state index contributed by atoms with van der Waals surface area (Å²) in [7, 11) is 3.36. The summed E-state index contributed by atoms with van der Waals surface area (Å²) in [5.74, 6) is -0.0398. The van der Waals surface area contributed by atoms with Crippen LogP contribution in [0.4, 0.5) is 35.1 Å². The van der Waals surface area contributed by atoms with Crippen molar-refractivity contribution in [3.8, 4) is 16.9 Å². The number of amides is 1. The van der Waals surface area contributed by atoms with Gasteiger partial charge in [0.05, 0.1) is 41.0 Å². The second kappa shape index (κ2) is 15.2. The molecule has 61 heavy (non-hydrogen) atoms. The van der Waals surface area contributed by atoms with E-state index in [-0.39, 0.29) is 29.7 Å². The van der Waals surface area contributed by atoms with Crippen LogP contribution in [0.1, 0.15) is 31.5 Å². The third-order valence-corrected chi connectivity index (χ3v) is 13.1. The molecule has 4 aliphatic heterocycles. The van der Waals surface area contributed by atoms with Gasteiger partial charge in [-0.25, -0.2) is 32.2 Å². The Labute approximate surface area is 349 Å². The van der Waals surface area contributed by atoms with Crippen molar-refractivity contribution < 1.29 is 27.1 Å². The number of aromatic nitrogens is 7. The molecule has 4 aromatic heterocycles. The van der Waals surface area contributed by atoms with Crippen LogP contribution in [0.2, 0.25) is 0 Å². The smallest absolute Gasteiger partial charge is 0.245 e. The van der Waals surface area contributed by atoms with Gasteiger partial charge < -0.3 is 34.2 Å². The lowest BCUT2D eigenvalue weighted by molar-refractivity contribution is -0.132. The highest BCUT2D eigenvalue weighted by molar-refractivity contribution is 5.94. The summed E-state index contributed by atoms with van der Waals surface area (Å²) in [5, 5.41) is 8.64. The monoisotopic (exact) mass is 838 g/mol. The average molecular weight is 839 g/mol. The van der Waals surface area contributed by atoms with Crippen molar-refractivity contribution in [2.24, 2.45) is 0 Å². The minimum Gasteiger partial charge on any atom is -0.378 e. The van der Waals surface area contributed by atoms with E-state index in [1.807, 2.05) is 34.6 Å². The molecule has 0 saturated carbocycles. The lowest BCUT2D eigenvalue weighted by Gasteiger charge is -2.56. The number of hydrogen-bond acceptors (Lipinski definition) is 11. The molecule has 318 valence electrons. The molecular weight excluding hydrogens is 793 g/mol. The predicted molar refractivity (Wildman–Crippen MR) is 222 cm³/mol. The van der Waals surface area contributed by atoms with E-state index in [1.54, 1.807) is 25.3 Å². The molecule has 3 fully saturated rings. The van der Waals surface area contributed by atoms with Gasteiger partial charge in [0.15, 0.2) is 11.5 Å². The number of nitrogens with zero attached hydrogens (tertiary/aromatic N) is 11. The molecule has 3 atom stereocenters. The second-order valence-electron chi connectivity index (χ2n) is 16.7. The number of imidazole rings is 1. The molecule has 1 amide bonds. The largest absolute Gasteiger partial charge is 0.378 e. The third-order valence-electron chi connectivity index (χ3n) is 13.1. The summed E-state index contributed by atoms with van der Waals surface area (Å²) < 4.78 is 67.4. The number of hydrogen-bond donors (Lipinski definition) is 1. The molecule has 0 unspecified atom stereocenters. The number of rotatable bonds is 6. The maximum atomic E-state index is 15.5. The van der Waals surface area contributed by atoms with Crippen molar-refractivity contribution in [1.82, 2.24) is 44.1 Å². The van der Waals surface area contributed by atoms with Crippen molar-refractivity contribution in [3.05, 3.63) is 78.0 Å². The number of aryl methyl sites for hydroxylation is 1. The van der Waals surface area contributed by atoms with Gasteiger partial charge in [-0.15, -0.1) is 0 Å². The minimum atomic E-state index is -0.806. The van der Waals surface area contributed by atoms with E-state index in [4.69, 9.17) is 24.7 Å². The number of alkyl halides is 1. The van der Waals surface area contributed by atoms with Crippen LogP contribution in [0.15, 0.2) is 54.7 Å². The molecule has 3 saturated heterocycles. The Kier molecular flexibility index (Phi) is 9.81. The number of nitrogens with one attached hydrogen (secondary N) is 1. The van der Waals surface area contributed by atoms with Gasteiger partial charge in [0, 0.05) is 82.7 Å². The Morgan fingerprint density at radius 2 is 1.75 bits per heavy atom. The zero-order valence-corrected chi connectivity index (χ0v) is 34.2. The zero-order valence-electron chi connectivity index (χ0n) is 34.2. The highest BCUT2D eigenvalue weighted by Crippen LogP contribution is 2.44. The quantitative estimate of drug-likeness (QED) is 0.214. The Balaban J connectivity index is 1.09. The number of piperidine rings is 1. The molecule has 2 aromatic carbocycles. The number of halogens is 4. The molecule has 1 N–H and O–H groups in total. The van der Waals surface area contributed by atoms with Crippen molar-refractivity contribution in [2.75, 3.05) is 75.2 Å². The summed E-state index contributed by atoms with van der Waals surface area (Å²) in [5.41, 5.74) is 2.44. The molecule has 4 aliphatic rings. The van der Waals surface area contributed by atoms with Crippen LogP contribution in [0.5, 0.6) is 0 Å². The fourth-order valence-corrected chi connectivity index (χ4v) is 9.85. The maximum absolute atomic E-state index is 15.5. The van der Waals surface area contributed by atoms with Gasteiger partial charge in [0.25, 0.3) is 0 Å². The summed E-state index contributed by atoms with van der Waals surface area (Å²) in [6.07, 6.45) is 3.98. The standard InChI is InChI=1S/C43H46F4N12O2/c1-25-49-34-19-27(46)17-30-33-5-4-6-37(51-33)50-28-20-36(41(60)54(2)23-29(61-3)24-56(25)38(30)34)57(22-28)39-31-21-48-59(35-8-7-26(45)18-32(35)47)40(31)53-42(52-39)58-15-11-43(58)9-13-55(14-10-43)16-12-44/h4-8,17-19,21,28-29,36H,9-16,20,22-24H2,1-3H3,(H,50,51)/t28-,29-,36-/m0/s1. The van der Waals surface area contributed by atoms with E-state index < -0.39 is 36.3 Å². The molecule has 1 spiro atoms. The number of anilines is 3. The molecule has 4 bridgehead atoms. The number of pyridine rings is 1. The number of benzene rings is 2. The topological polar surface area (TPSA) is 126 Å². The average Bonchev–Trinajstić information content (AvgIpc) is 3.94. The molecule has 6 aromatic rings. The first kappa shape index (κ1) is 39.3. The van der Waals surface area contributed by atoms with Gasteiger partial charge in [-0.2, -0.15) is 15.1 Å². The summed E-state index contributed by atoms with van der Waals surface area (Å²) in [6.45, 7) is 4.90. The van der Waals surface area contributed by atoms with Crippen LogP contribution in [0.25, 0.3) is 39.0 Å². The molecule has 8 heterocycles. The fraction of sp³-hybridized carbons (Fsp3) is 0.442. The van der Waals surface area contributed by atoms with Gasteiger partial charge in [-0.1, -0.05) is 6.07 Å². The first-order valence-corrected chi connectivity index (χ1v) is 20.7. The van der Waals surface area contributed by atoms with Crippen molar-refractivity contribution in [1.29, 1.82) is 0 Å². The Morgan fingerprint density at radius 1 is 0.934 bits per heavy atom. The number of likely N-dealkylation sites (N-methyl/N-ethyl adjacent to an activating group) is 1. The van der Waals surface area contributed by atoms with Crippen molar-refractivity contribution in [3.63, 3.8) is 0 Å². The van der Waals surface area contributed by atoms with Crippen LogP contribution in [0, 0.1) is 24.4 Å². The van der Waals surface area contributed by atoms with E-state index in [9.17, 15) is 13.6 Å². The molecule has 10 rings (SSSR count). The van der Waals surface area contributed by atoms with Crippen molar-refractivity contribution >= 4 is 45.6 Å². The highest BCUT2D eigenvalue weighted by atomic mass is 19.1. The Bertz CT molecular complexity index is 2660. The molecule has 14 nitrogen and oxygen atoms in total. The van der Waals surface area contributed by atoms with Gasteiger partial charge in [0.1, 0.15) is 47.5 Å². The lowest BCUT2D eigenvalue weighted by atomic mass is 9.76. The molecule has 18 heteroatoms. The maximum Gasteiger partial charge on any atom is 0.245 e. The first-order chi connectivity index (χ1) is 29.5. The van der Waals surface area contributed by atoms with Gasteiger partial charge in [0.2, 0.25) is 11.9 Å². The van der Waals surface area contributed by atoms with Crippen LogP contribution in [-0.4, -0.2) is 134 Å². The van der Waals surface area contributed by atoms with Gasteiger partial charge in [-0.05, 0) is 62.9 Å².